The summed E-state index contributed by atoms with van der Waals surface area (Å²) < 4.78 is 10.2. The normalized spacial score (nSPS) is 9.83. The fraction of sp³-hybridized carbons (Fsp3) is 0.125. The zero-order valence-electron chi connectivity index (χ0n) is 12.8. The van der Waals surface area contributed by atoms with E-state index in [1.165, 1.54) is 14.0 Å². The van der Waals surface area contributed by atoms with E-state index in [2.05, 4.69) is 15.4 Å². The summed E-state index contributed by atoms with van der Waals surface area (Å²) in [4.78, 5) is 22.2. The number of carbonyl (C=O) groups is 2. The summed E-state index contributed by atoms with van der Waals surface area (Å²) in [7, 11) is 1.29. The molecule has 2 rings (SSSR count). The summed E-state index contributed by atoms with van der Waals surface area (Å²) in [6.07, 6.45) is -0.544. The smallest absolute Gasteiger partial charge is 0.411 e. The molecule has 0 spiro atoms. The summed E-state index contributed by atoms with van der Waals surface area (Å²) in [5.41, 5.74) is 7.31. The fourth-order valence-corrected chi connectivity index (χ4v) is 1.81. The molecule has 0 fully saturated rings. The predicted molar refractivity (Wildman–Crippen MR) is 87.7 cm³/mol. The third-order valence-corrected chi connectivity index (χ3v) is 2.86. The largest absolute Gasteiger partial charge is 0.457 e. The lowest BCUT2D eigenvalue weighted by Crippen LogP contribution is -2.10. The molecule has 0 radical (unpaired) electrons. The quantitative estimate of drug-likeness (QED) is 0.752. The van der Waals surface area contributed by atoms with Gasteiger partial charge in [-0.1, -0.05) is 0 Å². The molecule has 0 aromatic heterocycles. The molecule has 2 aromatic rings. The average Bonchev–Trinajstić information content (AvgIpc) is 2.52. The number of carbonyl (C=O) groups excluding carboxylic acids is 2. The van der Waals surface area contributed by atoms with Crippen molar-refractivity contribution >= 4 is 29.1 Å². The van der Waals surface area contributed by atoms with E-state index in [1.807, 2.05) is 0 Å². The number of amides is 2. The van der Waals surface area contributed by atoms with Gasteiger partial charge in [0, 0.05) is 18.7 Å². The third kappa shape index (κ3) is 4.63. The molecule has 0 aliphatic carbocycles. The van der Waals surface area contributed by atoms with Crippen LogP contribution in [0.5, 0.6) is 11.5 Å². The van der Waals surface area contributed by atoms with Crippen LogP contribution in [-0.2, 0) is 9.53 Å². The van der Waals surface area contributed by atoms with E-state index in [9.17, 15) is 9.59 Å². The van der Waals surface area contributed by atoms with Crippen molar-refractivity contribution < 1.29 is 19.1 Å². The Kier molecular flexibility index (Phi) is 5.03. The Bertz CT molecular complexity index is 714. The molecule has 0 bridgehead atoms. The van der Waals surface area contributed by atoms with Gasteiger partial charge in [0.25, 0.3) is 0 Å². The van der Waals surface area contributed by atoms with E-state index in [0.717, 1.165) is 0 Å². The van der Waals surface area contributed by atoms with Crippen molar-refractivity contribution in [2.24, 2.45) is 0 Å². The molecular formula is C16H17N3O4. The summed E-state index contributed by atoms with van der Waals surface area (Å²) in [6, 6.07) is 11.7. The Morgan fingerprint density at radius 1 is 1.00 bits per heavy atom. The van der Waals surface area contributed by atoms with Crippen molar-refractivity contribution in [3.63, 3.8) is 0 Å². The van der Waals surface area contributed by atoms with Gasteiger partial charge < -0.3 is 20.5 Å². The Morgan fingerprint density at radius 2 is 1.65 bits per heavy atom. The van der Waals surface area contributed by atoms with Crippen LogP contribution in [0.4, 0.5) is 21.9 Å². The second-order valence-electron chi connectivity index (χ2n) is 4.67. The first-order chi connectivity index (χ1) is 11.0. The van der Waals surface area contributed by atoms with Gasteiger partial charge in [-0.2, -0.15) is 0 Å². The van der Waals surface area contributed by atoms with Crippen molar-refractivity contribution in [3.8, 4) is 11.5 Å². The van der Waals surface area contributed by atoms with Crippen LogP contribution in [0.3, 0.4) is 0 Å². The summed E-state index contributed by atoms with van der Waals surface area (Å²) >= 11 is 0. The van der Waals surface area contributed by atoms with Crippen LogP contribution in [0.25, 0.3) is 0 Å². The number of nitrogens with two attached hydrogens (primary N) is 1. The van der Waals surface area contributed by atoms with Gasteiger partial charge in [-0.25, -0.2) is 4.79 Å². The number of hydrogen-bond acceptors (Lipinski definition) is 5. The molecule has 0 atom stereocenters. The van der Waals surface area contributed by atoms with Crippen LogP contribution in [0.2, 0.25) is 0 Å². The van der Waals surface area contributed by atoms with Gasteiger partial charge in [0.2, 0.25) is 5.91 Å². The minimum atomic E-state index is -0.544. The first kappa shape index (κ1) is 16.2. The Morgan fingerprint density at radius 3 is 2.26 bits per heavy atom. The third-order valence-electron chi connectivity index (χ3n) is 2.86. The number of nitrogen functional groups attached to an aromatic ring is 1. The van der Waals surface area contributed by atoms with E-state index >= 15 is 0 Å². The van der Waals surface area contributed by atoms with E-state index < -0.39 is 6.09 Å². The van der Waals surface area contributed by atoms with Crippen LogP contribution in [0.1, 0.15) is 6.92 Å². The minimum absolute atomic E-state index is 0.216. The lowest BCUT2D eigenvalue weighted by molar-refractivity contribution is -0.114. The number of hydrogen-bond donors (Lipinski definition) is 3. The number of nitrogens with one attached hydrogen (secondary N) is 2. The fourth-order valence-electron chi connectivity index (χ4n) is 1.81. The highest BCUT2D eigenvalue weighted by Gasteiger charge is 2.05. The topological polar surface area (TPSA) is 103 Å². The SMILES string of the molecule is COC(=O)Nc1ccc(Oc2ccc(N)c(NC(C)=O)c2)cc1. The van der Waals surface area contributed by atoms with Gasteiger partial charge in [0.15, 0.2) is 0 Å². The van der Waals surface area contributed by atoms with Crippen LogP contribution >= 0.6 is 0 Å². The molecule has 23 heavy (non-hydrogen) atoms. The highest BCUT2D eigenvalue weighted by atomic mass is 16.5. The van der Waals surface area contributed by atoms with Crippen LogP contribution < -0.4 is 21.1 Å². The highest BCUT2D eigenvalue weighted by Crippen LogP contribution is 2.29. The van der Waals surface area contributed by atoms with Crippen molar-refractivity contribution in [3.05, 3.63) is 42.5 Å². The zero-order valence-corrected chi connectivity index (χ0v) is 12.8. The van der Waals surface area contributed by atoms with Gasteiger partial charge in [-0.05, 0) is 36.4 Å². The predicted octanol–water partition coefficient (Wildman–Crippen LogP) is 3.20. The van der Waals surface area contributed by atoms with Crippen LogP contribution in [0, 0.1) is 0 Å². The van der Waals surface area contributed by atoms with Gasteiger partial charge in [-0.3, -0.25) is 10.1 Å². The molecule has 2 aromatic carbocycles. The maximum Gasteiger partial charge on any atom is 0.411 e. The monoisotopic (exact) mass is 315 g/mol. The summed E-state index contributed by atoms with van der Waals surface area (Å²) in [6.45, 7) is 1.40. The molecular weight excluding hydrogens is 298 g/mol. The molecule has 0 aliphatic heterocycles. The molecule has 4 N–H and O–H groups in total. The second-order valence-corrected chi connectivity index (χ2v) is 4.67. The van der Waals surface area contributed by atoms with Crippen molar-refractivity contribution in [1.29, 1.82) is 0 Å². The number of anilines is 3. The molecule has 0 aliphatic rings. The van der Waals surface area contributed by atoms with Crippen LogP contribution in [0.15, 0.2) is 42.5 Å². The number of methoxy groups -OCH3 is 1. The Labute approximate surface area is 133 Å². The van der Waals surface area contributed by atoms with Gasteiger partial charge in [0.05, 0.1) is 18.5 Å². The molecule has 0 saturated heterocycles. The van der Waals surface area contributed by atoms with E-state index in [0.29, 0.717) is 28.6 Å². The maximum atomic E-state index is 11.1. The van der Waals surface area contributed by atoms with Crippen molar-refractivity contribution in [2.45, 2.75) is 6.92 Å². The Balaban J connectivity index is 2.10. The van der Waals surface area contributed by atoms with Crippen molar-refractivity contribution in [1.82, 2.24) is 0 Å². The second kappa shape index (κ2) is 7.17. The number of rotatable bonds is 4. The lowest BCUT2D eigenvalue weighted by atomic mass is 10.2. The van der Waals surface area contributed by atoms with Gasteiger partial charge >= 0.3 is 6.09 Å². The van der Waals surface area contributed by atoms with Gasteiger partial charge in [-0.15, -0.1) is 0 Å². The highest BCUT2D eigenvalue weighted by molar-refractivity contribution is 5.92. The van der Waals surface area contributed by atoms with Gasteiger partial charge in [0.1, 0.15) is 11.5 Å². The molecule has 120 valence electrons. The average molecular weight is 315 g/mol. The molecule has 0 heterocycles. The van der Waals surface area contributed by atoms with E-state index in [-0.39, 0.29) is 5.91 Å². The molecule has 7 nitrogen and oxygen atoms in total. The zero-order chi connectivity index (χ0) is 16.8. The minimum Gasteiger partial charge on any atom is -0.457 e. The molecule has 7 heteroatoms. The first-order valence-corrected chi connectivity index (χ1v) is 6.78. The van der Waals surface area contributed by atoms with E-state index in [1.54, 1.807) is 42.5 Å². The molecule has 0 saturated carbocycles. The first-order valence-electron chi connectivity index (χ1n) is 6.78. The molecule has 0 unspecified atom stereocenters. The van der Waals surface area contributed by atoms with Crippen molar-refractivity contribution in [2.75, 3.05) is 23.5 Å². The summed E-state index contributed by atoms with van der Waals surface area (Å²) in [5, 5.41) is 5.17. The number of ether oxygens (including phenoxy) is 2. The lowest BCUT2D eigenvalue weighted by Gasteiger charge is -2.11. The van der Waals surface area contributed by atoms with E-state index in [4.69, 9.17) is 10.5 Å². The summed E-state index contributed by atoms with van der Waals surface area (Å²) in [5.74, 6) is 0.877. The molecule has 2 amide bonds. The maximum absolute atomic E-state index is 11.1. The standard InChI is InChI=1S/C16H17N3O4/c1-10(20)18-15-9-13(7-8-14(15)17)23-12-5-3-11(4-6-12)19-16(21)22-2/h3-9H,17H2,1-2H3,(H,18,20)(H,19,21). The number of benzene rings is 2. The Hall–Kier alpha value is -3.22. The van der Waals surface area contributed by atoms with Crippen LogP contribution in [-0.4, -0.2) is 19.1 Å².